The third kappa shape index (κ3) is 3.76. The van der Waals surface area contributed by atoms with Gasteiger partial charge in [-0.3, -0.25) is 9.48 Å². The summed E-state index contributed by atoms with van der Waals surface area (Å²) in [4.78, 5) is 12.7. The van der Waals surface area contributed by atoms with E-state index < -0.39 is 0 Å². The van der Waals surface area contributed by atoms with Crippen LogP contribution in [0.4, 0.5) is 10.1 Å². The summed E-state index contributed by atoms with van der Waals surface area (Å²) in [6.45, 7) is 1.69. The first-order valence-electron chi connectivity index (χ1n) is 8.27. The van der Waals surface area contributed by atoms with Crippen molar-refractivity contribution in [1.82, 2.24) is 9.78 Å². The summed E-state index contributed by atoms with van der Waals surface area (Å²) in [5.74, 6) is 0.440. The van der Waals surface area contributed by atoms with Gasteiger partial charge in [-0.05, 0) is 48.9 Å². The van der Waals surface area contributed by atoms with Crippen LogP contribution in [-0.2, 0) is 7.05 Å². The van der Waals surface area contributed by atoms with Crippen molar-refractivity contribution < 1.29 is 18.7 Å². The highest BCUT2D eigenvalue weighted by Crippen LogP contribution is 2.29. The number of hydrogen-bond donors (Lipinski definition) is 1. The summed E-state index contributed by atoms with van der Waals surface area (Å²) in [7, 11) is 4.80. The van der Waals surface area contributed by atoms with Gasteiger partial charge in [0.2, 0.25) is 0 Å². The molecular weight excluding hydrogens is 349 g/mol. The molecule has 1 aromatic heterocycles. The van der Waals surface area contributed by atoms with Crippen LogP contribution in [0.3, 0.4) is 0 Å². The number of benzene rings is 2. The second-order valence-electron chi connectivity index (χ2n) is 6.02. The molecule has 0 saturated heterocycles. The van der Waals surface area contributed by atoms with Crippen LogP contribution in [0, 0.1) is 12.7 Å². The maximum Gasteiger partial charge on any atom is 0.276 e. The number of nitrogens with zero attached hydrogens (tertiary/aromatic N) is 2. The molecule has 140 valence electrons. The van der Waals surface area contributed by atoms with Crippen molar-refractivity contribution in [3.05, 3.63) is 59.5 Å². The minimum Gasteiger partial charge on any atom is -0.497 e. The van der Waals surface area contributed by atoms with Crippen LogP contribution in [0.15, 0.2) is 42.5 Å². The second kappa shape index (κ2) is 7.49. The van der Waals surface area contributed by atoms with E-state index >= 15 is 0 Å². The minimum atomic E-state index is -0.387. The Morgan fingerprint density at radius 3 is 2.56 bits per heavy atom. The summed E-state index contributed by atoms with van der Waals surface area (Å²) >= 11 is 0. The molecule has 3 aromatic rings. The number of ether oxygens (including phenoxy) is 2. The van der Waals surface area contributed by atoms with Crippen molar-refractivity contribution in [3.63, 3.8) is 0 Å². The van der Waals surface area contributed by atoms with Gasteiger partial charge in [0.25, 0.3) is 5.91 Å². The molecule has 0 aliphatic rings. The van der Waals surface area contributed by atoms with Gasteiger partial charge in [-0.15, -0.1) is 0 Å². The van der Waals surface area contributed by atoms with Crippen molar-refractivity contribution in [1.29, 1.82) is 0 Å². The van der Waals surface area contributed by atoms with Gasteiger partial charge in [0.05, 0.1) is 25.6 Å². The SMILES string of the molecule is COc1ccc(OC)c(NC(=O)c2cc(-c3ccc(F)c(C)c3)n(C)n2)c1. The third-order valence-electron chi connectivity index (χ3n) is 4.22. The largest absolute Gasteiger partial charge is 0.497 e. The second-order valence-corrected chi connectivity index (χ2v) is 6.02. The summed E-state index contributed by atoms with van der Waals surface area (Å²) in [6, 6.07) is 11.6. The van der Waals surface area contributed by atoms with Gasteiger partial charge in [0.15, 0.2) is 5.69 Å². The lowest BCUT2D eigenvalue weighted by Gasteiger charge is -2.10. The van der Waals surface area contributed by atoms with E-state index in [1.165, 1.54) is 13.2 Å². The minimum absolute atomic E-state index is 0.236. The zero-order chi connectivity index (χ0) is 19.6. The molecule has 0 aliphatic heterocycles. The van der Waals surface area contributed by atoms with Crippen LogP contribution in [0.2, 0.25) is 0 Å². The average molecular weight is 369 g/mol. The van der Waals surface area contributed by atoms with Gasteiger partial charge < -0.3 is 14.8 Å². The standard InChI is InChI=1S/C20H20FN3O3/c1-12-9-13(5-7-15(12)21)18-11-17(23-24(18)2)20(25)22-16-10-14(26-3)6-8-19(16)27-4/h5-11H,1-4H3,(H,22,25). The number of methoxy groups -OCH3 is 2. The zero-order valence-corrected chi connectivity index (χ0v) is 15.5. The monoisotopic (exact) mass is 369 g/mol. The lowest BCUT2D eigenvalue weighted by molar-refractivity contribution is 0.102. The van der Waals surface area contributed by atoms with Gasteiger partial charge in [-0.1, -0.05) is 0 Å². The fourth-order valence-corrected chi connectivity index (χ4v) is 2.75. The predicted octanol–water partition coefficient (Wildman–Crippen LogP) is 3.80. The topological polar surface area (TPSA) is 65.4 Å². The lowest BCUT2D eigenvalue weighted by Crippen LogP contribution is -2.13. The summed E-state index contributed by atoms with van der Waals surface area (Å²) in [5.41, 5.74) is 2.73. The van der Waals surface area contributed by atoms with Gasteiger partial charge in [-0.25, -0.2) is 4.39 Å². The molecule has 27 heavy (non-hydrogen) atoms. The fourth-order valence-electron chi connectivity index (χ4n) is 2.75. The number of carbonyl (C=O) groups excluding carboxylic acids is 1. The summed E-state index contributed by atoms with van der Waals surface area (Å²) in [5, 5.41) is 7.06. The van der Waals surface area contributed by atoms with E-state index in [1.807, 2.05) is 0 Å². The van der Waals surface area contributed by atoms with E-state index in [1.54, 1.807) is 62.2 Å². The molecule has 1 amide bonds. The highest BCUT2D eigenvalue weighted by Gasteiger charge is 2.17. The highest BCUT2D eigenvalue weighted by molar-refractivity contribution is 6.04. The van der Waals surface area contributed by atoms with Crippen LogP contribution in [0.1, 0.15) is 16.1 Å². The molecular formula is C20H20FN3O3. The number of halogens is 1. The van der Waals surface area contributed by atoms with E-state index in [4.69, 9.17) is 9.47 Å². The van der Waals surface area contributed by atoms with E-state index in [9.17, 15) is 9.18 Å². The number of aryl methyl sites for hydroxylation is 2. The maximum atomic E-state index is 13.5. The Kier molecular flexibility index (Phi) is 5.12. The zero-order valence-electron chi connectivity index (χ0n) is 15.5. The van der Waals surface area contributed by atoms with Gasteiger partial charge in [0, 0.05) is 18.7 Å². The molecule has 6 nitrogen and oxygen atoms in total. The molecule has 0 bridgehead atoms. The molecule has 0 saturated carbocycles. The fraction of sp³-hybridized carbons (Fsp3) is 0.200. The highest BCUT2D eigenvalue weighted by atomic mass is 19.1. The van der Waals surface area contributed by atoms with Crippen molar-refractivity contribution in [2.75, 3.05) is 19.5 Å². The van der Waals surface area contributed by atoms with Gasteiger partial charge in [0.1, 0.15) is 17.3 Å². The van der Waals surface area contributed by atoms with Gasteiger partial charge >= 0.3 is 0 Å². The molecule has 3 rings (SSSR count). The molecule has 0 spiro atoms. The molecule has 0 atom stereocenters. The Morgan fingerprint density at radius 2 is 1.89 bits per heavy atom. The summed E-state index contributed by atoms with van der Waals surface area (Å²) in [6.07, 6.45) is 0. The molecule has 0 radical (unpaired) electrons. The molecule has 1 N–H and O–H groups in total. The number of nitrogens with one attached hydrogen (secondary N) is 1. The van der Waals surface area contributed by atoms with Crippen LogP contribution < -0.4 is 14.8 Å². The van der Waals surface area contributed by atoms with Crippen LogP contribution in [0.5, 0.6) is 11.5 Å². The van der Waals surface area contributed by atoms with Crippen LogP contribution >= 0.6 is 0 Å². The summed E-state index contributed by atoms with van der Waals surface area (Å²) < 4.78 is 25.6. The first-order valence-corrected chi connectivity index (χ1v) is 8.27. The normalized spacial score (nSPS) is 10.6. The molecule has 2 aromatic carbocycles. The molecule has 0 unspecified atom stereocenters. The predicted molar refractivity (Wildman–Crippen MR) is 101 cm³/mol. The molecule has 0 aliphatic carbocycles. The van der Waals surface area contributed by atoms with Gasteiger partial charge in [-0.2, -0.15) is 5.10 Å². The van der Waals surface area contributed by atoms with Crippen LogP contribution in [0.25, 0.3) is 11.3 Å². The van der Waals surface area contributed by atoms with E-state index in [0.717, 1.165) is 5.56 Å². The Labute approximate surface area is 156 Å². The number of amides is 1. The number of aromatic nitrogens is 2. The maximum absolute atomic E-state index is 13.5. The first-order chi connectivity index (χ1) is 12.9. The van der Waals surface area contributed by atoms with Crippen molar-refractivity contribution >= 4 is 11.6 Å². The van der Waals surface area contributed by atoms with Crippen molar-refractivity contribution in [2.45, 2.75) is 6.92 Å². The smallest absolute Gasteiger partial charge is 0.276 e. The number of carbonyl (C=O) groups is 1. The molecule has 7 heteroatoms. The molecule has 1 heterocycles. The van der Waals surface area contributed by atoms with Crippen LogP contribution in [-0.4, -0.2) is 29.9 Å². The first kappa shape index (κ1) is 18.4. The third-order valence-corrected chi connectivity index (χ3v) is 4.22. The van der Waals surface area contributed by atoms with Crippen molar-refractivity contribution in [3.8, 4) is 22.8 Å². The lowest BCUT2D eigenvalue weighted by atomic mass is 10.1. The quantitative estimate of drug-likeness (QED) is 0.743. The Hall–Kier alpha value is -3.35. The Morgan fingerprint density at radius 1 is 1.11 bits per heavy atom. The Balaban J connectivity index is 1.89. The average Bonchev–Trinajstić information content (AvgIpc) is 3.05. The van der Waals surface area contributed by atoms with E-state index in [-0.39, 0.29) is 17.4 Å². The Bertz CT molecular complexity index is 998. The van der Waals surface area contributed by atoms with Crippen molar-refractivity contribution in [2.24, 2.45) is 7.05 Å². The molecule has 0 fully saturated rings. The number of hydrogen-bond acceptors (Lipinski definition) is 4. The number of rotatable bonds is 5. The number of anilines is 1. The van der Waals surface area contributed by atoms with E-state index in [2.05, 4.69) is 10.4 Å². The van der Waals surface area contributed by atoms with E-state index in [0.29, 0.717) is 28.4 Å².